The summed E-state index contributed by atoms with van der Waals surface area (Å²) in [5.41, 5.74) is -1.04. The Kier molecular flexibility index (Phi) is 2.71. The van der Waals surface area contributed by atoms with Crippen LogP contribution in [0.3, 0.4) is 0 Å². The van der Waals surface area contributed by atoms with Crippen LogP contribution in [0, 0.1) is 5.92 Å². The van der Waals surface area contributed by atoms with Crippen LogP contribution in [-0.4, -0.2) is 15.3 Å². The average molecular weight is 184 g/mol. The highest BCUT2D eigenvalue weighted by atomic mass is 16.4. The van der Waals surface area contributed by atoms with Crippen molar-refractivity contribution in [1.82, 2.24) is 10.2 Å². The van der Waals surface area contributed by atoms with Gasteiger partial charge in [0, 0.05) is 6.42 Å². The number of rotatable bonds is 3. The maximum atomic E-state index is 9.54. The Hall–Kier alpha value is -0.900. The van der Waals surface area contributed by atoms with Crippen LogP contribution < -0.4 is 0 Å². The van der Waals surface area contributed by atoms with Crippen LogP contribution >= 0.6 is 0 Å². The van der Waals surface area contributed by atoms with Crippen molar-refractivity contribution in [3.63, 3.8) is 0 Å². The number of nitrogens with zero attached hydrogens (tertiary/aromatic N) is 2. The summed E-state index contributed by atoms with van der Waals surface area (Å²) < 4.78 is 5.29. The van der Waals surface area contributed by atoms with Crippen LogP contribution in [-0.2, 0) is 12.0 Å². The van der Waals surface area contributed by atoms with Gasteiger partial charge in [0.1, 0.15) is 5.60 Å². The van der Waals surface area contributed by atoms with Crippen LogP contribution in [0.15, 0.2) is 4.42 Å². The van der Waals surface area contributed by atoms with Crippen molar-refractivity contribution < 1.29 is 9.52 Å². The van der Waals surface area contributed by atoms with Gasteiger partial charge in [0.05, 0.1) is 0 Å². The molecule has 4 nitrogen and oxygen atoms in total. The molecule has 0 aliphatic rings. The zero-order chi connectivity index (χ0) is 10.1. The second-order valence-electron chi connectivity index (χ2n) is 4.16. The molecule has 1 aromatic heterocycles. The molecule has 0 fully saturated rings. The van der Waals surface area contributed by atoms with E-state index in [0.29, 0.717) is 11.8 Å². The Bertz CT molecular complexity index is 273. The maximum absolute atomic E-state index is 9.54. The van der Waals surface area contributed by atoms with Gasteiger partial charge in [-0.25, -0.2) is 0 Å². The molecule has 0 aliphatic carbocycles. The summed E-state index contributed by atoms with van der Waals surface area (Å²) in [5.74, 6) is 1.35. The van der Waals surface area contributed by atoms with Crippen molar-refractivity contribution in [2.24, 2.45) is 5.92 Å². The topological polar surface area (TPSA) is 59.2 Å². The molecule has 0 amide bonds. The summed E-state index contributed by atoms with van der Waals surface area (Å²) in [6.07, 6.45) is 0.753. The van der Waals surface area contributed by atoms with Crippen molar-refractivity contribution in [1.29, 1.82) is 0 Å². The van der Waals surface area contributed by atoms with Gasteiger partial charge >= 0.3 is 0 Å². The van der Waals surface area contributed by atoms with Gasteiger partial charge < -0.3 is 9.52 Å². The van der Waals surface area contributed by atoms with Crippen molar-refractivity contribution >= 4 is 0 Å². The van der Waals surface area contributed by atoms with Crippen LogP contribution in [0.1, 0.15) is 39.5 Å². The molecule has 0 aliphatic heterocycles. The number of hydrogen-bond acceptors (Lipinski definition) is 4. The molecular weight excluding hydrogens is 168 g/mol. The maximum Gasteiger partial charge on any atom is 0.247 e. The highest BCUT2D eigenvalue weighted by Crippen LogP contribution is 2.18. The van der Waals surface area contributed by atoms with E-state index in [4.69, 9.17) is 4.42 Å². The summed E-state index contributed by atoms with van der Waals surface area (Å²) in [5, 5.41) is 17.2. The molecule has 74 valence electrons. The average Bonchev–Trinajstić information content (AvgIpc) is 2.32. The van der Waals surface area contributed by atoms with Gasteiger partial charge in [-0.05, 0) is 19.8 Å². The standard InChI is InChI=1S/C9H16N2O2/c1-6(2)5-7-10-11-8(13-7)9(3,4)12/h6,12H,5H2,1-4H3. The minimum Gasteiger partial charge on any atom is -0.422 e. The molecule has 1 N–H and O–H groups in total. The van der Waals surface area contributed by atoms with Gasteiger partial charge in [-0.15, -0.1) is 10.2 Å². The first-order valence-corrected chi connectivity index (χ1v) is 4.45. The molecule has 0 saturated heterocycles. The Morgan fingerprint density at radius 1 is 1.38 bits per heavy atom. The normalized spacial score (nSPS) is 12.5. The molecule has 0 aromatic carbocycles. The minimum absolute atomic E-state index is 0.281. The van der Waals surface area contributed by atoms with Crippen molar-refractivity contribution in [2.45, 2.75) is 39.7 Å². The Balaban J connectivity index is 2.75. The van der Waals surface area contributed by atoms with E-state index in [9.17, 15) is 5.11 Å². The molecule has 0 spiro atoms. The van der Waals surface area contributed by atoms with Crippen LogP contribution in [0.25, 0.3) is 0 Å². The van der Waals surface area contributed by atoms with Gasteiger partial charge in [0.15, 0.2) is 0 Å². The summed E-state index contributed by atoms with van der Waals surface area (Å²) in [6.45, 7) is 7.40. The highest BCUT2D eigenvalue weighted by Gasteiger charge is 2.23. The van der Waals surface area contributed by atoms with E-state index in [1.807, 2.05) is 0 Å². The zero-order valence-corrected chi connectivity index (χ0v) is 8.53. The van der Waals surface area contributed by atoms with E-state index in [0.717, 1.165) is 6.42 Å². The molecule has 1 rings (SSSR count). The molecule has 0 radical (unpaired) electrons. The van der Waals surface area contributed by atoms with Crippen LogP contribution in [0.5, 0.6) is 0 Å². The van der Waals surface area contributed by atoms with E-state index in [-0.39, 0.29) is 5.89 Å². The molecule has 0 saturated carbocycles. The van der Waals surface area contributed by atoms with Gasteiger partial charge in [0.25, 0.3) is 0 Å². The lowest BCUT2D eigenvalue weighted by Crippen LogP contribution is -2.15. The van der Waals surface area contributed by atoms with E-state index in [2.05, 4.69) is 24.0 Å². The summed E-state index contributed by atoms with van der Waals surface area (Å²) >= 11 is 0. The fourth-order valence-corrected chi connectivity index (χ4v) is 0.933. The predicted molar refractivity (Wildman–Crippen MR) is 48.1 cm³/mol. The Morgan fingerprint density at radius 3 is 2.38 bits per heavy atom. The SMILES string of the molecule is CC(C)Cc1nnc(C(C)(C)O)o1. The third-order valence-corrected chi connectivity index (χ3v) is 1.57. The van der Waals surface area contributed by atoms with E-state index < -0.39 is 5.60 Å². The Morgan fingerprint density at radius 2 is 2.00 bits per heavy atom. The lowest BCUT2D eigenvalue weighted by molar-refractivity contribution is 0.0469. The second-order valence-corrected chi connectivity index (χ2v) is 4.16. The summed E-state index contributed by atoms with van der Waals surface area (Å²) in [7, 11) is 0. The predicted octanol–water partition coefficient (Wildman–Crippen LogP) is 1.50. The third kappa shape index (κ3) is 2.81. The quantitative estimate of drug-likeness (QED) is 0.773. The number of hydrogen-bond donors (Lipinski definition) is 1. The first kappa shape index (κ1) is 10.2. The second kappa shape index (κ2) is 3.46. The molecule has 13 heavy (non-hydrogen) atoms. The van der Waals surface area contributed by atoms with Gasteiger partial charge in [0.2, 0.25) is 11.8 Å². The smallest absolute Gasteiger partial charge is 0.247 e. The van der Waals surface area contributed by atoms with E-state index in [1.165, 1.54) is 0 Å². The lowest BCUT2D eigenvalue weighted by Gasteiger charge is -2.10. The van der Waals surface area contributed by atoms with Gasteiger partial charge in [-0.1, -0.05) is 13.8 Å². The number of aromatic nitrogens is 2. The first-order chi connectivity index (χ1) is 5.89. The fraction of sp³-hybridized carbons (Fsp3) is 0.778. The van der Waals surface area contributed by atoms with Crippen LogP contribution in [0.4, 0.5) is 0 Å². The van der Waals surface area contributed by atoms with E-state index in [1.54, 1.807) is 13.8 Å². The van der Waals surface area contributed by atoms with Crippen molar-refractivity contribution in [2.75, 3.05) is 0 Å². The highest BCUT2D eigenvalue weighted by molar-refractivity contribution is 4.92. The monoisotopic (exact) mass is 184 g/mol. The molecule has 0 bridgehead atoms. The van der Waals surface area contributed by atoms with E-state index >= 15 is 0 Å². The minimum atomic E-state index is -1.04. The Labute approximate surface area is 78.0 Å². The van der Waals surface area contributed by atoms with Gasteiger partial charge in [-0.2, -0.15) is 0 Å². The van der Waals surface area contributed by atoms with Crippen LogP contribution in [0.2, 0.25) is 0 Å². The first-order valence-electron chi connectivity index (χ1n) is 4.45. The molecule has 4 heteroatoms. The molecular formula is C9H16N2O2. The van der Waals surface area contributed by atoms with Gasteiger partial charge in [-0.3, -0.25) is 0 Å². The number of aliphatic hydroxyl groups is 1. The fourth-order valence-electron chi connectivity index (χ4n) is 0.933. The van der Waals surface area contributed by atoms with Crippen molar-refractivity contribution in [3.05, 3.63) is 11.8 Å². The molecule has 1 aromatic rings. The molecule has 0 unspecified atom stereocenters. The molecule has 1 heterocycles. The molecule has 0 atom stereocenters. The summed E-state index contributed by atoms with van der Waals surface area (Å²) in [6, 6.07) is 0. The zero-order valence-electron chi connectivity index (χ0n) is 8.53. The van der Waals surface area contributed by atoms with Crippen molar-refractivity contribution in [3.8, 4) is 0 Å². The largest absolute Gasteiger partial charge is 0.422 e. The summed E-state index contributed by atoms with van der Waals surface area (Å²) in [4.78, 5) is 0. The lowest BCUT2D eigenvalue weighted by atomic mass is 10.1. The third-order valence-electron chi connectivity index (χ3n) is 1.57.